The summed E-state index contributed by atoms with van der Waals surface area (Å²) in [6, 6.07) is 11.2. The van der Waals surface area contributed by atoms with Gasteiger partial charge in [0.15, 0.2) is 5.78 Å². The third kappa shape index (κ3) is 3.61. The Balaban J connectivity index is 1.60. The van der Waals surface area contributed by atoms with Crippen molar-refractivity contribution in [2.45, 2.75) is 20.3 Å². The van der Waals surface area contributed by atoms with Crippen LogP contribution < -0.4 is 9.47 Å². The number of rotatable bonds is 5. The number of hydrogen-bond donors (Lipinski definition) is 1. The van der Waals surface area contributed by atoms with Crippen molar-refractivity contribution in [3.8, 4) is 22.6 Å². The van der Waals surface area contributed by atoms with Gasteiger partial charge in [-0.25, -0.2) is 0 Å². The molecule has 6 heteroatoms. The van der Waals surface area contributed by atoms with Crippen LogP contribution in [-0.4, -0.2) is 29.7 Å². The fourth-order valence-corrected chi connectivity index (χ4v) is 3.92. The van der Waals surface area contributed by atoms with Crippen LogP contribution in [0.25, 0.3) is 16.7 Å². The molecule has 30 heavy (non-hydrogen) atoms. The summed E-state index contributed by atoms with van der Waals surface area (Å²) in [6.07, 6.45) is 3.89. The van der Waals surface area contributed by atoms with E-state index in [-0.39, 0.29) is 11.7 Å². The fraction of sp³-hybridized carbons (Fsp3) is 0.250. The van der Waals surface area contributed by atoms with Gasteiger partial charge >= 0.3 is 0 Å². The minimum absolute atomic E-state index is 0.0383. The fourth-order valence-electron chi connectivity index (χ4n) is 3.92. The number of ketones is 1. The van der Waals surface area contributed by atoms with Gasteiger partial charge in [0.05, 0.1) is 31.4 Å². The lowest BCUT2D eigenvalue weighted by Crippen LogP contribution is -2.29. The zero-order valence-corrected chi connectivity index (χ0v) is 17.2. The summed E-state index contributed by atoms with van der Waals surface area (Å²) in [5.74, 6) is 0.828. The molecule has 0 fully saturated rings. The molecule has 0 radical (unpaired) electrons. The summed E-state index contributed by atoms with van der Waals surface area (Å²) >= 11 is 0. The first-order chi connectivity index (χ1) is 14.5. The van der Waals surface area contributed by atoms with Crippen molar-refractivity contribution in [2.24, 2.45) is 5.92 Å². The van der Waals surface area contributed by atoms with E-state index >= 15 is 0 Å². The number of aromatic nitrogens is 2. The topological polar surface area (TPSA) is 64.2 Å². The van der Waals surface area contributed by atoms with Crippen LogP contribution in [0.5, 0.6) is 11.5 Å². The van der Waals surface area contributed by atoms with E-state index in [1.54, 1.807) is 7.11 Å². The van der Waals surface area contributed by atoms with Gasteiger partial charge < -0.3 is 9.47 Å². The normalized spacial score (nSPS) is 16.0. The number of halogens is 1. The Morgan fingerprint density at radius 3 is 2.80 bits per heavy atom. The maximum Gasteiger partial charge on any atom is 0.216 e. The van der Waals surface area contributed by atoms with Crippen LogP contribution in [0.2, 0.25) is 0 Å². The maximum absolute atomic E-state index is 13.8. The molecule has 0 saturated heterocycles. The van der Waals surface area contributed by atoms with Gasteiger partial charge in [0.1, 0.15) is 11.5 Å². The first-order valence-electron chi connectivity index (χ1n) is 9.82. The van der Waals surface area contributed by atoms with E-state index < -0.39 is 5.95 Å². The second-order valence-electron chi connectivity index (χ2n) is 7.38. The zero-order valence-electron chi connectivity index (χ0n) is 17.2. The minimum atomic E-state index is -0.474. The van der Waals surface area contributed by atoms with Gasteiger partial charge in [-0.15, -0.1) is 0 Å². The Morgan fingerprint density at radius 2 is 2.13 bits per heavy atom. The van der Waals surface area contributed by atoms with Crippen molar-refractivity contribution >= 4 is 11.4 Å². The highest BCUT2D eigenvalue weighted by atomic mass is 19.1. The van der Waals surface area contributed by atoms with Crippen LogP contribution in [0.3, 0.4) is 0 Å². The molecule has 154 valence electrons. The molecule has 2 aromatic carbocycles. The van der Waals surface area contributed by atoms with E-state index in [1.807, 2.05) is 56.3 Å². The summed E-state index contributed by atoms with van der Waals surface area (Å²) in [5, 5.41) is 6.04. The minimum Gasteiger partial charge on any atom is -0.497 e. The van der Waals surface area contributed by atoms with Crippen molar-refractivity contribution in [3.63, 3.8) is 0 Å². The number of fused-ring (bicyclic) bond motifs is 1. The molecule has 0 spiro atoms. The third-order valence-corrected chi connectivity index (χ3v) is 5.52. The van der Waals surface area contributed by atoms with E-state index in [0.717, 1.165) is 28.2 Å². The lowest BCUT2D eigenvalue weighted by molar-refractivity contribution is -0.118. The number of hydrogen-bond acceptors (Lipinski definition) is 4. The number of benzene rings is 2. The van der Waals surface area contributed by atoms with Crippen LogP contribution in [0.15, 0.2) is 48.7 Å². The van der Waals surface area contributed by atoms with Gasteiger partial charge in [-0.05, 0) is 60.7 Å². The van der Waals surface area contributed by atoms with Gasteiger partial charge in [0.2, 0.25) is 5.95 Å². The zero-order chi connectivity index (χ0) is 21.3. The number of H-pyrrole nitrogens is 1. The van der Waals surface area contributed by atoms with Crippen molar-refractivity contribution in [3.05, 3.63) is 71.3 Å². The van der Waals surface area contributed by atoms with E-state index in [0.29, 0.717) is 29.7 Å². The second-order valence-corrected chi connectivity index (χ2v) is 7.38. The van der Waals surface area contributed by atoms with E-state index in [2.05, 4.69) is 10.2 Å². The van der Waals surface area contributed by atoms with Crippen molar-refractivity contribution in [1.29, 1.82) is 0 Å². The summed E-state index contributed by atoms with van der Waals surface area (Å²) in [4.78, 5) is 13.4. The highest BCUT2D eigenvalue weighted by molar-refractivity contribution is 6.22. The van der Waals surface area contributed by atoms with Crippen LogP contribution in [0.4, 0.5) is 4.39 Å². The number of ether oxygens (including phenoxy) is 2. The number of carbonyl (C=O) groups excluding carboxylic acids is 1. The van der Waals surface area contributed by atoms with Crippen LogP contribution in [0.1, 0.15) is 23.6 Å². The van der Waals surface area contributed by atoms with Gasteiger partial charge in [-0.3, -0.25) is 9.89 Å². The number of methoxy groups -OCH3 is 1. The standard InChI is InChI=1S/C24H23FN2O3/c1-4-19(20-7-5-15(9-14(20)2)21-12-26-27-24(21)25)23(28)17-10-16-11-18(29-3)6-8-22(16)30-13-17/h4-9,11-12,17H,10,13H2,1-3H3,(H,26,27)/b19-4+. The Labute approximate surface area is 174 Å². The molecule has 0 aliphatic carbocycles. The van der Waals surface area contributed by atoms with Crippen molar-refractivity contribution in [1.82, 2.24) is 10.2 Å². The molecular weight excluding hydrogens is 383 g/mol. The van der Waals surface area contributed by atoms with Gasteiger partial charge in [0, 0.05) is 5.57 Å². The number of aryl methyl sites for hydroxylation is 1. The molecule has 1 aliphatic rings. The lowest BCUT2D eigenvalue weighted by Gasteiger charge is -2.26. The molecule has 5 nitrogen and oxygen atoms in total. The Bertz CT molecular complexity index is 1130. The number of nitrogens with one attached hydrogen (secondary N) is 1. The number of allylic oxidation sites excluding steroid dienone is 2. The maximum atomic E-state index is 13.8. The molecule has 2 heterocycles. The van der Waals surface area contributed by atoms with Gasteiger partial charge in [0.25, 0.3) is 0 Å². The van der Waals surface area contributed by atoms with E-state index in [9.17, 15) is 9.18 Å². The van der Waals surface area contributed by atoms with Crippen LogP contribution in [-0.2, 0) is 11.2 Å². The Morgan fingerprint density at radius 1 is 1.30 bits per heavy atom. The molecule has 3 aromatic rings. The summed E-state index contributed by atoms with van der Waals surface area (Å²) < 4.78 is 25.0. The molecule has 1 atom stereocenters. The average Bonchev–Trinajstić information content (AvgIpc) is 3.20. The lowest BCUT2D eigenvalue weighted by atomic mass is 9.85. The quantitative estimate of drug-likeness (QED) is 0.621. The van der Waals surface area contributed by atoms with E-state index in [4.69, 9.17) is 9.47 Å². The average molecular weight is 406 g/mol. The molecule has 1 N–H and O–H groups in total. The van der Waals surface area contributed by atoms with Crippen LogP contribution in [0, 0.1) is 18.8 Å². The first-order valence-corrected chi connectivity index (χ1v) is 9.82. The number of carbonyl (C=O) groups is 1. The summed E-state index contributed by atoms with van der Waals surface area (Å²) in [6.45, 7) is 4.12. The molecule has 1 aromatic heterocycles. The molecule has 0 amide bonds. The highest BCUT2D eigenvalue weighted by Gasteiger charge is 2.29. The smallest absolute Gasteiger partial charge is 0.216 e. The Hall–Kier alpha value is -3.41. The molecule has 4 rings (SSSR count). The highest BCUT2D eigenvalue weighted by Crippen LogP contribution is 2.34. The number of aromatic amines is 1. The molecule has 0 bridgehead atoms. The van der Waals surface area contributed by atoms with Gasteiger partial charge in [-0.2, -0.15) is 9.49 Å². The third-order valence-electron chi connectivity index (χ3n) is 5.52. The SMILES string of the molecule is C/C=C(/C(=O)C1COc2ccc(OC)cc2C1)c1ccc(-c2cn[nH]c2F)cc1C. The van der Waals surface area contributed by atoms with Crippen molar-refractivity contribution in [2.75, 3.05) is 13.7 Å². The predicted octanol–water partition coefficient (Wildman–Crippen LogP) is 4.76. The first kappa shape index (κ1) is 19.9. The van der Waals surface area contributed by atoms with Crippen LogP contribution >= 0.6 is 0 Å². The largest absolute Gasteiger partial charge is 0.497 e. The number of nitrogens with zero attached hydrogens (tertiary/aromatic N) is 1. The molecule has 0 saturated carbocycles. The van der Waals surface area contributed by atoms with Gasteiger partial charge in [-0.1, -0.05) is 24.3 Å². The summed E-state index contributed by atoms with van der Waals surface area (Å²) in [7, 11) is 1.62. The number of Topliss-reactive ketones (excluding diaryl/α,β-unsaturated/α-hetero) is 1. The predicted molar refractivity (Wildman–Crippen MR) is 113 cm³/mol. The monoisotopic (exact) mass is 406 g/mol. The molecule has 1 unspecified atom stereocenters. The Kier molecular flexibility index (Phi) is 5.40. The summed E-state index contributed by atoms with van der Waals surface area (Å²) in [5.41, 5.74) is 4.47. The molecule has 1 aliphatic heterocycles. The second kappa shape index (κ2) is 8.14. The molecular formula is C24H23FN2O3. The van der Waals surface area contributed by atoms with Crippen molar-refractivity contribution < 1.29 is 18.7 Å². The van der Waals surface area contributed by atoms with E-state index in [1.165, 1.54) is 6.20 Å².